The number of amides is 1. The van der Waals surface area contributed by atoms with Crippen LogP contribution in [0, 0.1) is 0 Å². The van der Waals surface area contributed by atoms with Crippen molar-refractivity contribution in [2.75, 3.05) is 51.2 Å². The lowest BCUT2D eigenvalue weighted by molar-refractivity contribution is 0.0946. The van der Waals surface area contributed by atoms with Crippen LogP contribution >= 0.6 is 0 Å². The van der Waals surface area contributed by atoms with Crippen LogP contribution in [0.5, 0.6) is 11.5 Å². The first-order valence-electron chi connectivity index (χ1n) is 9.20. The van der Waals surface area contributed by atoms with Gasteiger partial charge in [0.2, 0.25) is 11.9 Å². The monoisotopic (exact) mass is 386 g/mol. The van der Waals surface area contributed by atoms with Crippen molar-refractivity contribution >= 4 is 17.8 Å². The Balaban J connectivity index is 1.79. The number of hydrogen-bond acceptors (Lipinski definition) is 8. The zero-order valence-corrected chi connectivity index (χ0v) is 16.7. The molecule has 1 fully saturated rings. The van der Waals surface area contributed by atoms with Gasteiger partial charge in [0, 0.05) is 27.2 Å². The molecule has 2 heterocycles. The van der Waals surface area contributed by atoms with Gasteiger partial charge < -0.3 is 24.6 Å². The quantitative estimate of drug-likeness (QED) is 0.765. The smallest absolute Gasteiger partial charge is 0.255 e. The molecular formula is C19H26N6O3. The number of carbonyl (C=O) groups excluding carboxylic acids is 1. The standard InChI is InChI=1S/C19H26N6O3/c1-24(2)18-21-15(22-19(23-18)25-10-5-6-11-25)12-20-17(26)13-8-7-9-14(27-3)16(13)28-4/h7-9H,5-6,10-12H2,1-4H3,(H,20,26). The van der Waals surface area contributed by atoms with Crippen LogP contribution in [-0.4, -0.2) is 62.3 Å². The highest BCUT2D eigenvalue weighted by molar-refractivity contribution is 5.97. The minimum atomic E-state index is -0.287. The lowest BCUT2D eigenvalue weighted by Gasteiger charge is -2.19. The molecule has 1 N–H and O–H groups in total. The molecule has 0 bridgehead atoms. The number of anilines is 2. The van der Waals surface area contributed by atoms with E-state index in [1.54, 1.807) is 18.2 Å². The van der Waals surface area contributed by atoms with Crippen molar-refractivity contribution < 1.29 is 14.3 Å². The molecule has 9 heteroatoms. The highest BCUT2D eigenvalue weighted by atomic mass is 16.5. The number of nitrogens with zero attached hydrogens (tertiary/aromatic N) is 5. The summed E-state index contributed by atoms with van der Waals surface area (Å²) in [5.41, 5.74) is 0.392. The fraction of sp³-hybridized carbons (Fsp3) is 0.474. The van der Waals surface area contributed by atoms with E-state index >= 15 is 0 Å². The normalized spacial score (nSPS) is 13.4. The van der Waals surface area contributed by atoms with Gasteiger partial charge in [-0.1, -0.05) is 6.07 Å². The average Bonchev–Trinajstić information content (AvgIpc) is 3.26. The zero-order chi connectivity index (χ0) is 20.1. The van der Waals surface area contributed by atoms with E-state index in [2.05, 4.69) is 25.2 Å². The number of methoxy groups -OCH3 is 2. The fourth-order valence-corrected chi connectivity index (χ4v) is 3.05. The molecule has 0 radical (unpaired) electrons. The highest BCUT2D eigenvalue weighted by Gasteiger charge is 2.20. The van der Waals surface area contributed by atoms with E-state index in [1.807, 2.05) is 19.0 Å². The molecule has 1 aromatic heterocycles. The Morgan fingerprint density at radius 1 is 1.14 bits per heavy atom. The second kappa shape index (κ2) is 8.73. The minimum Gasteiger partial charge on any atom is -0.493 e. The Kier molecular flexibility index (Phi) is 6.13. The van der Waals surface area contributed by atoms with Gasteiger partial charge in [-0.3, -0.25) is 4.79 Å². The van der Waals surface area contributed by atoms with Crippen LogP contribution in [0.4, 0.5) is 11.9 Å². The molecule has 1 amide bonds. The van der Waals surface area contributed by atoms with Crippen LogP contribution in [-0.2, 0) is 6.54 Å². The maximum Gasteiger partial charge on any atom is 0.255 e. The van der Waals surface area contributed by atoms with Gasteiger partial charge in [0.15, 0.2) is 17.3 Å². The number of benzene rings is 1. The average molecular weight is 386 g/mol. The number of rotatable bonds is 7. The Bertz CT molecular complexity index is 836. The van der Waals surface area contributed by atoms with Crippen LogP contribution in [0.2, 0.25) is 0 Å². The van der Waals surface area contributed by atoms with Crippen LogP contribution in [0.15, 0.2) is 18.2 Å². The number of aromatic nitrogens is 3. The molecule has 9 nitrogen and oxygen atoms in total. The van der Waals surface area contributed by atoms with E-state index in [4.69, 9.17) is 9.47 Å². The van der Waals surface area contributed by atoms with Crippen LogP contribution in [0.1, 0.15) is 29.0 Å². The Hall–Kier alpha value is -3.10. The van der Waals surface area contributed by atoms with E-state index in [9.17, 15) is 4.79 Å². The molecule has 0 saturated carbocycles. The predicted octanol–water partition coefficient (Wildman–Crippen LogP) is 1.48. The fourth-order valence-electron chi connectivity index (χ4n) is 3.05. The van der Waals surface area contributed by atoms with Crippen LogP contribution in [0.3, 0.4) is 0 Å². The summed E-state index contributed by atoms with van der Waals surface area (Å²) in [5.74, 6) is 2.34. The minimum absolute atomic E-state index is 0.184. The van der Waals surface area contributed by atoms with E-state index < -0.39 is 0 Å². The molecule has 0 spiro atoms. The summed E-state index contributed by atoms with van der Waals surface area (Å²) >= 11 is 0. The van der Waals surface area contributed by atoms with Gasteiger partial charge in [-0.25, -0.2) is 0 Å². The molecule has 0 aliphatic carbocycles. The summed E-state index contributed by atoms with van der Waals surface area (Å²) < 4.78 is 10.6. The van der Waals surface area contributed by atoms with Gasteiger partial charge >= 0.3 is 0 Å². The summed E-state index contributed by atoms with van der Waals surface area (Å²) in [6, 6.07) is 5.17. The Morgan fingerprint density at radius 2 is 1.89 bits per heavy atom. The van der Waals surface area contributed by atoms with Crippen molar-refractivity contribution in [2.24, 2.45) is 0 Å². The summed E-state index contributed by atoms with van der Waals surface area (Å²) in [6.45, 7) is 2.05. The first-order valence-corrected chi connectivity index (χ1v) is 9.20. The SMILES string of the molecule is COc1cccc(C(=O)NCc2nc(N(C)C)nc(N3CCCC3)n2)c1OC. The van der Waals surface area contributed by atoms with Crippen molar-refractivity contribution in [1.29, 1.82) is 0 Å². The third-order valence-electron chi connectivity index (χ3n) is 4.50. The summed E-state index contributed by atoms with van der Waals surface area (Å²) in [7, 11) is 6.80. The number of para-hydroxylation sites is 1. The van der Waals surface area contributed by atoms with Crippen molar-refractivity contribution in [2.45, 2.75) is 19.4 Å². The molecule has 0 unspecified atom stereocenters. The van der Waals surface area contributed by atoms with Crippen LogP contribution < -0.4 is 24.6 Å². The topological polar surface area (TPSA) is 92.7 Å². The highest BCUT2D eigenvalue weighted by Crippen LogP contribution is 2.30. The second-order valence-corrected chi connectivity index (χ2v) is 6.66. The summed E-state index contributed by atoms with van der Waals surface area (Å²) in [4.78, 5) is 30.2. The van der Waals surface area contributed by atoms with Gasteiger partial charge in [0.25, 0.3) is 5.91 Å². The first-order chi connectivity index (χ1) is 13.5. The van der Waals surface area contributed by atoms with Crippen molar-refractivity contribution in [1.82, 2.24) is 20.3 Å². The number of nitrogens with one attached hydrogen (secondary N) is 1. The molecule has 1 aromatic carbocycles. The number of hydrogen-bond donors (Lipinski definition) is 1. The molecule has 28 heavy (non-hydrogen) atoms. The molecule has 150 valence electrons. The molecular weight excluding hydrogens is 360 g/mol. The van der Waals surface area contributed by atoms with E-state index in [1.165, 1.54) is 14.2 Å². The van der Waals surface area contributed by atoms with Gasteiger partial charge in [-0.05, 0) is 25.0 Å². The lowest BCUT2D eigenvalue weighted by atomic mass is 10.1. The number of ether oxygens (including phenoxy) is 2. The number of carbonyl (C=O) groups is 1. The predicted molar refractivity (Wildman–Crippen MR) is 106 cm³/mol. The molecule has 0 atom stereocenters. The van der Waals surface area contributed by atoms with E-state index in [0.717, 1.165) is 25.9 Å². The van der Waals surface area contributed by atoms with E-state index in [0.29, 0.717) is 34.8 Å². The van der Waals surface area contributed by atoms with Gasteiger partial charge in [-0.15, -0.1) is 0 Å². The first kappa shape index (κ1) is 19.7. The molecule has 1 aliphatic heterocycles. The molecule has 3 rings (SSSR count). The van der Waals surface area contributed by atoms with Crippen LogP contribution in [0.25, 0.3) is 0 Å². The van der Waals surface area contributed by atoms with Crippen molar-refractivity contribution in [3.8, 4) is 11.5 Å². The van der Waals surface area contributed by atoms with Gasteiger partial charge in [0.05, 0.1) is 26.3 Å². The maximum absolute atomic E-state index is 12.7. The third-order valence-corrected chi connectivity index (χ3v) is 4.50. The van der Waals surface area contributed by atoms with Crippen molar-refractivity contribution in [3.05, 3.63) is 29.6 Å². The second-order valence-electron chi connectivity index (χ2n) is 6.66. The van der Waals surface area contributed by atoms with Crippen molar-refractivity contribution in [3.63, 3.8) is 0 Å². The summed E-state index contributed by atoms with van der Waals surface area (Å²) in [5, 5.41) is 2.86. The molecule has 1 aliphatic rings. The molecule has 1 saturated heterocycles. The summed E-state index contributed by atoms with van der Waals surface area (Å²) in [6.07, 6.45) is 2.26. The Labute approximate surface area is 164 Å². The Morgan fingerprint density at radius 3 is 2.54 bits per heavy atom. The maximum atomic E-state index is 12.7. The largest absolute Gasteiger partial charge is 0.493 e. The van der Waals surface area contributed by atoms with E-state index in [-0.39, 0.29) is 12.5 Å². The lowest BCUT2D eigenvalue weighted by Crippen LogP contribution is -2.28. The molecule has 2 aromatic rings. The van der Waals surface area contributed by atoms with Gasteiger partial charge in [0.1, 0.15) is 0 Å². The zero-order valence-electron chi connectivity index (χ0n) is 16.7. The third kappa shape index (κ3) is 4.24. The van der Waals surface area contributed by atoms with Gasteiger partial charge in [-0.2, -0.15) is 15.0 Å².